The molecule has 0 heterocycles. The van der Waals surface area contributed by atoms with Crippen molar-refractivity contribution in [1.82, 2.24) is 0 Å². The molecule has 0 bridgehead atoms. The predicted octanol–water partition coefficient (Wildman–Crippen LogP) is 4.44. The average molecular weight is 243 g/mol. The third-order valence-corrected chi connectivity index (χ3v) is 4.56. The third-order valence-electron chi connectivity index (χ3n) is 4.56. The van der Waals surface area contributed by atoms with Crippen molar-refractivity contribution in [3.05, 3.63) is 35.4 Å². The van der Waals surface area contributed by atoms with Crippen molar-refractivity contribution < 1.29 is 4.39 Å². The lowest BCUT2D eigenvalue weighted by Gasteiger charge is -2.16. The zero-order chi connectivity index (χ0) is 12.6. The first-order valence-electron chi connectivity index (χ1n) is 6.91. The van der Waals surface area contributed by atoms with Gasteiger partial charge in [-0.3, -0.25) is 0 Å². The zero-order valence-corrected chi connectivity index (χ0v) is 10.5. The lowest BCUT2D eigenvalue weighted by atomic mass is 9.92. The van der Waals surface area contributed by atoms with Crippen molar-refractivity contribution in [3.8, 4) is 6.07 Å². The van der Waals surface area contributed by atoms with Gasteiger partial charge >= 0.3 is 0 Å². The van der Waals surface area contributed by atoms with Gasteiger partial charge in [-0.15, -0.1) is 0 Å². The van der Waals surface area contributed by atoms with Crippen molar-refractivity contribution in [2.45, 2.75) is 50.1 Å². The van der Waals surface area contributed by atoms with E-state index in [0.29, 0.717) is 0 Å². The first kappa shape index (κ1) is 11.7. The quantitative estimate of drug-likeness (QED) is 0.769. The van der Waals surface area contributed by atoms with E-state index in [9.17, 15) is 4.39 Å². The first-order valence-corrected chi connectivity index (χ1v) is 6.91. The van der Waals surface area contributed by atoms with E-state index in [-0.39, 0.29) is 11.3 Å². The largest absolute Gasteiger partial charge is 0.242 e. The van der Waals surface area contributed by atoms with Gasteiger partial charge in [-0.05, 0) is 42.7 Å². The van der Waals surface area contributed by atoms with E-state index in [0.717, 1.165) is 36.8 Å². The number of rotatable bonds is 3. The molecule has 1 nitrogen and oxygen atoms in total. The highest BCUT2D eigenvalue weighted by atomic mass is 19.1. The molecule has 0 radical (unpaired) electrons. The van der Waals surface area contributed by atoms with Gasteiger partial charge in [-0.2, -0.15) is 5.26 Å². The molecule has 2 aliphatic rings. The Balaban J connectivity index is 1.77. The monoisotopic (exact) mass is 243 g/mol. The fourth-order valence-electron chi connectivity index (χ4n) is 3.10. The van der Waals surface area contributed by atoms with Gasteiger partial charge < -0.3 is 0 Å². The van der Waals surface area contributed by atoms with Crippen LogP contribution in [0.5, 0.6) is 0 Å². The molecule has 94 valence electrons. The molecule has 0 spiro atoms. The van der Waals surface area contributed by atoms with Gasteiger partial charge in [-0.25, -0.2) is 4.39 Å². The summed E-state index contributed by atoms with van der Waals surface area (Å²) >= 11 is 0. The second-order valence-corrected chi connectivity index (χ2v) is 5.76. The Hall–Kier alpha value is -1.36. The third kappa shape index (κ3) is 1.92. The van der Waals surface area contributed by atoms with Gasteiger partial charge in [0.2, 0.25) is 0 Å². The summed E-state index contributed by atoms with van der Waals surface area (Å²) in [6, 6.07) is 10.1. The maximum atomic E-state index is 14.3. The van der Waals surface area contributed by atoms with Gasteiger partial charge in [0, 0.05) is 0 Å². The number of nitriles is 1. The van der Waals surface area contributed by atoms with Gasteiger partial charge in [-0.1, -0.05) is 37.1 Å². The van der Waals surface area contributed by atoms with E-state index >= 15 is 0 Å². The fraction of sp³-hybridized carbons (Fsp3) is 0.562. The van der Waals surface area contributed by atoms with Crippen LogP contribution in [0.25, 0.3) is 0 Å². The Kier molecular flexibility index (Phi) is 2.86. The molecule has 2 fully saturated rings. The number of halogens is 1. The standard InChI is InChI=1S/C16H18FN/c17-15(12-3-1-2-4-12)13-5-7-14(8-6-13)16(11-18)9-10-16/h5-8,12,15H,1-4,9-10H2. The van der Waals surface area contributed by atoms with E-state index in [1.807, 2.05) is 24.3 Å². The van der Waals surface area contributed by atoms with Crippen LogP contribution in [0.1, 0.15) is 55.8 Å². The first-order chi connectivity index (χ1) is 8.75. The van der Waals surface area contributed by atoms with Crippen LogP contribution in [0, 0.1) is 17.2 Å². The SMILES string of the molecule is N#CC1(c2ccc(C(F)C3CCCC3)cc2)CC1. The number of benzene rings is 1. The molecule has 0 N–H and O–H groups in total. The van der Waals surface area contributed by atoms with Gasteiger partial charge in [0.05, 0.1) is 11.5 Å². The summed E-state index contributed by atoms with van der Waals surface area (Å²) in [5.41, 5.74) is 1.60. The normalized spacial score (nSPS) is 23.6. The Bertz CT molecular complexity index is 461. The van der Waals surface area contributed by atoms with Crippen LogP contribution in [-0.4, -0.2) is 0 Å². The smallest absolute Gasteiger partial charge is 0.128 e. The molecule has 0 amide bonds. The van der Waals surface area contributed by atoms with Crippen molar-refractivity contribution >= 4 is 0 Å². The summed E-state index contributed by atoms with van der Waals surface area (Å²) in [6.07, 6.45) is 5.45. The Morgan fingerprint density at radius 2 is 1.78 bits per heavy atom. The summed E-state index contributed by atoms with van der Waals surface area (Å²) in [7, 11) is 0. The van der Waals surface area contributed by atoms with Crippen LogP contribution in [0.2, 0.25) is 0 Å². The lowest BCUT2D eigenvalue weighted by molar-refractivity contribution is 0.235. The van der Waals surface area contributed by atoms with Crippen molar-refractivity contribution in [2.24, 2.45) is 5.92 Å². The van der Waals surface area contributed by atoms with Crippen LogP contribution in [0.3, 0.4) is 0 Å². The molecular formula is C16H18FN. The number of alkyl halides is 1. The van der Waals surface area contributed by atoms with Crippen LogP contribution >= 0.6 is 0 Å². The molecule has 0 aliphatic heterocycles. The van der Waals surface area contributed by atoms with Gasteiger partial charge in [0.1, 0.15) is 6.17 Å². The van der Waals surface area contributed by atoms with Gasteiger partial charge in [0.25, 0.3) is 0 Å². The molecule has 2 aliphatic carbocycles. The Morgan fingerprint density at radius 3 is 2.28 bits per heavy atom. The summed E-state index contributed by atoms with van der Waals surface area (Å²) in [5, 5.41) is 9.14. The van der Waals surface area contributed by atoms with Gasteiger partial charge in [0.15, 0.2) is 0 Å². The Labute approximate surface area is 108 Å². The summed E-state index contributed by atoms with van der Waals surface area (Å²) in [4.78, 5) is 0. The van der Waals surface area contributed by atoms with Crippen LogP contribution in [-0.2, 0) is 5.41 Å². The molecule has 2 heteroatoms. The molecule has 0 aromatic heterocycles. The average Bonchev–Trinajstić information content (AvgIpc) is 3.04. The topological polar surface area (TPSA) is 23.8 Å². The van der Waals surface area contributed by atoms with Crippen molar-refractivity contribution in [2.75, 3.05) is 0 Å². The van der Waals surface area contributed by atoms with E-state index in [4.69, 9.17) is 5.26 Å². The van der Waals surface area contributed by atoms with E-state index < -0.39 is 6.17 Å². The zero-order valence-electron chi connectivity index (χ0n) is 10.5. The number of hydrogen-bond donors (Lipinski definition) is 0. The molecule has 1 aromatic carbocycles. The van der Waals surface area contributed by atoms with Crippen LogP contribution < -0.4 is 0 Å². The molecule has 1 unspecified atom stereocenters. The summed E-state index contributed by atoms with van der Waals surface area (Å²) in [5.74, 6) is 0.210. The second kappa shape index (κ2) is 4.39. The highest BCUT2D eigenvalue weighted by Crippen LogP contribution is 2.48. The van der Waals surface area contributed by atoms with E-state index in [1.165, 1.54) is 12.8 Å². The van der Waals surface area contributed by atoms with Crippen LogP contribution in [0.4, 0.5) is 4.39 Å². The fourth-order valence-corrected chi connectivity index (χ4v) is 3.10. The molecular weight excluding hydrogens is 225 g/mol. The van der Waals surface area contributed by atoms with Crippen molar-refractivity contribution in [1.29, 1.82) is 5.26 Å². The minimum atomic E-state index is -0.821. The molecule has 0 saturated heterocycles. The maximum Gasteiger partial charge on any atom is 0.128 e. The highest BCUT2D eigenvalue weighted by Gasteiger charge is 2.44. The molecule has 2 saturated carbocycles. The Morgan fingerprint density at radius 1 is 1.17 bits per heavy atom. The van der Waals surface area contributed by atoms with E-state index in [1.54, 1.807) is 0 Å². The predicted molar refractivity (Wildman–Crippen MR) is 68.8 cm³/mol. The number of nitrogens with zero attached hydrogens (tertiary/aromatic N) is 1. The lowest BCUT2D eigenvalue weighted by Crippen LogP contribution is -2.06. The minimum Gasteiger partial charge on any atom is -0.242 e. The minimum absolute atomic E-state index is 0.210. The maximum absolute atomic E-state index is 14.3. The summed E-state index contributed by atoms with van der Waals surface area (Å²) < 4.78 is 14.3. The second-order valence-electron chi connectivity index (χ2n) is 5.76. The molecule has 3 rings (SSSR count). The highest BCUT2D eigenvalue weighted by molar-refractivity contribution is 5.40. The summed E-state index contributed by atoms with van der Waals surface area (Å²) in [6.45, 7) is 0. The molecule has 1 aromatic rings. The number of hydrogen-bond acceptors (Lipinski definition) is 1. The van der Waals surface area contributed by atoms with Crippen LogP contribution in [0.15, 0.2) is 24.3 Å². The molecule has 18 heavy (non-hydrogen) atoms. The van der Waals surface area contributed by atoms with Crippen molar-refractivity contribution in [3.63, 3.8) is 0 Å². The van der Waals surface area contributed by atoms with E-state index in [2.05, 4.69) is 6.07 Å². The molecule has 1 atom stereocenters.